The van der Waals surface area contributed by atoms with E-state index >= 15 is 0 Å². The molecule has 0 aliphatic heterocycles. The van der Waals surface area contributed by atoms with Gasteiger partial charge in [-0.25, -0.2) is 0 Å². The van der Waals surface area contributed by atoms with Gasteiger partial charge in [0.1, 0.15) is 0 Å². The van der Waals surface area contributed by atoms with E-state index in [9.17, 15) is 4.79 Å². The molecule has 0 aliphatic carbocycles. The summed E-state index contributed by atoms with van der Waals surface area (Å²) in [6.07, 6.45) is 5.23. The van der Waals surface area contributed by atoms with Gasteiger partial charge in [0.2, 0.25) is 0 Å². The van der Waals surface area contributed by atoms with Gasteiger partial charge >= 0.3 is 0 Å². The van der Waals surface area contributed by atoms with Gasteiger partial charge in [0.15, 0.2) is 22.5 Å². The van der Waals surface area contributed by atoms with Crippen molar-refractivity contribution in [3.05, 3.63) is 74.3 Å². The smallest absolute Gasteiger partial charge is 0.196 e. The highest BCUT2D eigenvalue weighted by Gasteiger charge is 2.14. The number of halogens is 2. The van der Waals surface area contributed by atoms with Crippen molar-refractivity contribution in [1.29, 1.82) is 0 Å². The first-order valence-corrected chi connectivity index (χ1v) is 9.15. The summed E-state index contributed by atoms with van der Waals surface area (Å²) >= 11 is 12.2. The minimum Gasteiger partial charge on any atom is -0.493 e. The zero-order valence-electron chi connectivity index (χ0n) is 15.1. The molecule has 2 aromatic heterocycles. The molecule has 0 saturated heterocycles. The number of hydrogen-bond donors (Lipinski definition) is 0. The van der Waals surface area contributed by atoms with Crippen LogP contribution in [0.25, 0.3) is 21.7 Å². The van der Waals surface area contributed by atoms with E-state index in [0.29, 0.717) is 44.5 Å². The summed E-state index contributed by atoms with van der Waals surface area (Å²) < 4.78 is 16.4. The van der Waals surface area contributed by atoms with Crippen molar-refractivity contribution >= 4 is 44.9 Å². The molecule has 142 valence electrons. The second kappa shape index (κ2) is 7.34. The highest BCUT2D eigenvalue weighted by molar-refractivity contribution is 6.38. The fraction of sp³-hybridized carbons (Fsp3) is 0.143. The Morgan fingerprint density at radius 3 is 2.46 bits per heavy atom. The molecule has 0 spiro atoms. The Labute approximate surface area is 170 Å². The van der Waals surface area contributed by atoms with Gasteiger partial charge in [0.25, 0.3) is 0 Å². The molecule has 2 heterocycles. The molecular formula is C21H15Cl2NO4. The first-order valence-electron chi connectivity index (χ1n) is 8.40. The van der Waals surface area contributed by atoms with E-state index in [1.807, 2.05) is 12.1 Å². The van der Waals surface area contributed by atoms with Crippen molar-refractivity contribution in [3.8, 4) is 11.5 Å². The number of nitrogens with zero attached hydrogens (tertiary/aromatic N) is 1. The van der Waals surface area contributed by atoms with Crippen LogP contribution in [0.1, 0.15) is 11.1 Å². The number of aromatic nitrogens is 1. The number of rotatable bonds is 4. The normalized spacial score (nSPS) is 11.1. The molecule has 7 heteroatoms. The summed E-state index contributed by atoms with van der Waals surface area (Å²) in [4.78, 5) is 17.2. The SMILES string of the molecule is COc1cc2cncc(Cc3coc4c(Cl)cc(Cl)cc4c3=O)c2cc1OC. The summed E-state index contributed by atoms with van der Waals surface area (Å²) in [5, 5.41) is 2.82. The molecule has 5 nitrogen and oxygen atoms in total. The number of methoxy groups -OCH3 is 2. The number of hydrogen-bond acceptors (Lipinski definition) is 5. The van der Waals surface area contributed by atoms with Crippen LogP contribution in [0.3, 0.4) is 0 Å². The molecule has 2 aromatic carbocycles. The van der Waals surface area contributed by atoms with Gasteiger partial charge in [-0.05, 0) is 35.2 Å². The van der Waals surface area contributed by atoms with E-state index in [2.05, 4.69) is 4.98 Å². The fourth-order valence-electron chi connectivity index (χ4n) is 3.23. The van der Waals surface area contributed by atoms with Crippen molar-refractivity contribution < 1.29 is 13.9 Å². The van der Waals surface area contributed by atoms with Crippen LogP contribution in [0.2, 0.25) is 10.0 Å². The first kappa shape index (κ1) is 18.6. The van der Waals surface area contributed by atoms with Crippen molar-refractivity contribution in [2.24, 2.45) is 0 Å². The monoisotopic (exact) mass is 415 g/mol. The molecule has 0 amide bonds. The second-order valence-corrected chi connectivity index (χ2v) is 7.10. The van der Waals surface area contributed by atoms with E-state index in [-0.39, 0.29) is 5.43 Å². The third-order valence-electron chi connectivity index (χ3n) is 4.59. The van der Waals surface area contributed by atoms with Crippen LogP contribution in [0.4, 0.5) is 0 Å². The molecule has 28 heavy (non-hydrogen) atoms. The van der Waals surface area contributed by atoms with E-state index in [1.54, 1.807) is 38.7 Å². The lowest BCUT2D eigenvalue weighted by Gasteiger charge is -2.12. The van der Waals surface area contributed by atoms with Crippen LogP contribution < -0.4 is 14.9 Å². The van der Waals surface area contributed by atoms with Crippen LogP contribution in [-0.4, -0.2) is 19.2 Å². The molecule has 0 unspecified atom stereocenters. The summed E-state index contributed by atoms with van der Waals surface area (Å²) in [6.45, 7) is 0. The Kier molecular flexibility index (Phi) is 4.87. The predicted molar refractivity (Wildman–Crippen MR) is 110 cm³/mol. The third-order valence-corrected chi connectivity index (χ3v) is 5.09. The van der Waals surface area contributed by atoms with E-state index in [1.165, 1.54) is 6.26 Å². The standard InChI is InChI=1S/C21H15Cl2NO4/c1-26-18-4-12-9-24-8-11(15(12)7-19(18)27-2)3-13-10-28-21-16(20(13)25)5-14(22)6-17(21)23/h4-10H,3H2,1-2H3. The Hall–Kier alpha value is -2.76. The molecule has 0 fully saturated rings. The Morgan fingerprint density at radius 2 is 1.71 bits per heavy atom. The third kappa shape index (κ3) is 3.17. The Morgan fingerprint density at radius 1 is 0.964 bits per heavy atom. The number of fused-ring (bicyclic) bond motifs is 2. The maximum absolute atomic E-state index is 13.0. The maximum Gasteiger partial charge on any atom is 0.196 e. The summed E-state index contributed by atoms with van der Waals surface area (Å²) in [7, 11) is 3.16. The average molecular weight is 416 g/mol. The van der Waals surface area contributed by atoms with Crippen molar-refractivity contribution in [2.45, 2.75) is 6.42 Å². The molecule has 4 aromatic rings. The van der Waals surface area contributed by atoms with E-state index in [4.69, 9.17) is 37.1 Å². The lowest BCUT2D eigenvalue weighted by Crippen LogP contribution is -2.10. The van der Waals surface area contributed by atoms with Gasteiger partial charge in [0, 0.05) is 34.8 Å². The van der Waals surface area contributed by atoms with Crippen LogP contribution in [0, 0.1) is 0 Å². The van der Waals surface area contributed by atoms with Crippen LogP contribution in [0.15, 0.2) is 52.1 Å². The minimum atomic E-state index is -0.178. The average Bonchev–Trinajstić information content (AvgIpc) is 2.69. The zero-order valence-corrected chi connectivity index (χ0v) is 16.6. The quantitative estimate of drug-likeness (QED) is 0.455. The highest BCUT2D eigenvalue weighted by atomic mass is 35.5. The molecule has 0 radical (unpaired) electrons. The van der Waals surface area contributed by atoms with Gasteiger partial charge in [-0.2, -0.15) is 0 Å². The van der Waals surface area contributed by atoms with Gasteiger partial charge in [0.05, 0.1) is 30.9 Å². The highest BCUT2D eigenvalue weighted by Crippen LogP contribution is 2.34. The summed E-state index contributed by atoms with van der Waals surface area (Å²) in [6, 6.07) is 6.84. The number of benzene rings is 2. The molecular weight excluding hydrogens is 401 g/mol. The zero-order chi connectivity index (χ0) is 19.8. The Bertz CT molecular complexity index is 1270. The Balaban J connectivity index is 1.86. The van der Waals surface area contributed by atoms with Gasteiger partial charge in [-0.15, -0.1) is 0 Å². The maximum atomic E-state index is 13.0. The topological polar surface area (TPSA) is 61.6 Å². The molecule has 0 aliphatic rings. The largest absolute Gasteiger partial charge is 0.493 e. The lowest BCUT2D eigenvalue weighted by molar-refractivity contribution is 0.356. The van der Waals surface area contributed by atoms with Gasteiger partial charge < -0.3 is 13.9 Å². The van der Waals surface area contributed by atoms with Crippen molar-refractivity contribution in [1.82, 2.24) is 4.98 Å². The minimum absolute atomic E-state index is 0.178. The molecule has 4 rings (SSSR count). The summed E-state index contributed by atoms with van der Waals surface area (Å²) in [5.74, 6) is 1.22. The van der Waals surface area contributed by atoms with Crippen molar-refractivity contribution in [3.63, 3.8) is 0 Å². The molecule has 0 N–H and O–H groups in total. The molecule has 0 atom stereocenters. The van der Waals surface area contributed by atoms with Crippen LogP contribution in [0.5, 0.6) is 11.5 Å². The van der Waals surface area contributed by atoms with E-state index in [0.717, 1.165) is 16.3 Å². The fourth-order valence-corrected chi connectivity index (χ4v) is 3.77. The number of pyridine rings is 1. The van der Waals surface area contributed by atoms with Crippen molar-refractivity contribution in [2.75, 3.05) is 14.2 Å². The second-order valence-electron chi connectivity index (χ2n) is 6.26. The predicted octanol–water partition coefficient (Wildman–Crippen LogP) is 5.26. The number of ether oxygens (including phenoxy) is 2. The van der Waals surface area contributed by atoms with E-state index < -0.39 is 0 Å². The lowest BCUT2D eigenvalue weighted by atomic mass is 10.0. The van der Waals surface area contributed by atoms with Crippen LogP contribution in [-0.2, 0) is 6.42 Å². The van der Waals surface area contributed by atoms with Gasteiger partial charge in [-0.1, -0.05) is 23.2 Å². The molecule has 0 saturated carbocycles. The first-order chi connectivity index (χ1) is 13.5. The van der Waals surface area contributed by atoms with Gasteiger partial charge in [-0.3, -0.25) is 9.78 Å². The summed E-state index contributed by atoms with van der Waals surface area (Å²) in [5.41, 5.74) is 1.48. The molecule has 0 bridgehead atoms. The van der Waals surface area contributed by atoms with Crippen LogP contribution >= 0.6 is 23.2 Å².